The largest absolute Gasteiger partial charge is 0.238 e. The Morgan fingerprint density at radius 1 is 1.17 bits per heavy atom. The van der Waals surface area contributed by atoms with Gasteiger partial charge >= 0.3 is 0 Å². The molecule has 0 atom stereocenters. The molecule has 0 radical (unpaired) electrons. The van der Waals surface area contributed by atoms with Crippen molar-refractivity contribution in [2.45, 2.75) is 33.6 Å². The first kappa shape index (κ1) is 9.65. The Labute approximate surface area is 81.6 Å². The van der Waals surface area contributed by atoms with Gasteiger partial charge in [-0.15, -0.1) is 0 Å². The highest BCUT2D eigenvalue weighted by atomic mass is 79.9. The molecule has 0 aliphatic heterocycles. The van der Waals surface area contributed by atoms with E-state index in [1.807, 2.05) is 13.8 Å². The predicted octanol–water partition coefficient (Wildman–Crippen LogP) is 2.98. The Morgan fingerprint density at radius 3 is 2.17 bits per heavy atom. The van der Waals surface area contributed by atoms with Crippen LogP contribution in [0.15, 0.2) is 4.60 Å². The minimum atomic E-state index is 0.389. The lowest BCUT2D eigenvalue weighted by molar-refractivity contribution is 0.756. The summed E-state index contributed by atoms with van der Waals surface area (Å²) in [5.41, 5.74) is 2.18. The van der Waals surface area contributed by atoms with Gasteiger partial charge in [0.05, 0.1) is 0 Å². The van der Waals surface area contributed by atoms with Crippen LogP contribution in [0.1, 0.15) is 36.8 Å². The third-order valence-electron chi connectivity index (χ3n) is 1.86. The van der Waals surface area contributed by atoms with Crippen LogP contribution >= 0.6 is 15.9 Å². The fraction of sp³-hybridized carbons (Fsp3) is 0.556. The molecule has 0 spiro atoms. The maximum atomic E-state index is 4.39. The van der Waals surface area contributed by atoms with E-state index in [1.54, 1.807) is 0 Å². The Balaban J connectivity index is 3.21. The minimum absolute atomic E-state index is 0.389. The Morgan fingerprint density at radius 2 is 1.75 bits per heavy atom. The van der Waals surface area contributed by atoms with Crippen molar-refractivity contribution in [3.8, 4) is 0 Å². The van der Waals surface area contributed by atoms with E-state index in [4.69, 9.17) is 0 Å². The summed E-state index contributed by atoms with van der Waals surface area (Å²) in [5.74, 6) is 1.30. The molecule has 0 saturated heterocycles. The first-order valence-electron chi connectivity index (χ1n) is 4.03. The molecule has 3 heteroatoms. The number of aryl methyl sites for hydroxylation is 1. The quantitative estimate of drug-likeness (QED) is 0.692. The Hall–Kier alpha value is -0.440. The number of rotatable bonds is 1. The fourth-order valence-electron chi connectivity index (χ4n) is 0.873. The van der Waals surface area contributed by atoms with Crippen molar-refractivity contribution in [3.05, 3.63) is 21.7 Å². The van der Waals surface area contributed by atoms with Gasteiger partial charge in [-0.2, -0.15) is 0 Å². The van der Waals surface area contributed by atoms with Crippen molar-refractivity contribution in [2.75, 3.05) is 0 Å². The van der Waals surface area contributed by atoms with E-state index in [2.05, 4.69) is 39.7 Å². The Kier molecular flexibility index (Phi) is 2.83. The van der Waals surface area contributed by atoms with Crippen LogP contribution in [0.5, 0.6) is 0 Å². The maximum Gasteiger partial charge on any atom is 0.132 e. The molecule has 1 rings (SSSR count). The van der Waals surface area contributed by atoms with Crippen molar-refractivity contribution in [3.63, 3.8) is 0 Å². The lowest BCUT2D eigenvalue weighted by atomic mass is 10.2. The van der Waals surface area contributed by atoms with E-state index in [1.165, 1.54) is 0 Å². The van der Waals surface area contributed by atoms with E-state index in [-0.39, 0.29) is 0 Å². The van der Waals surface area contributed by atoms with Gasteiger partial charge in [0.1, 0.15) is 10.4 Å². The molecule has 66 valence electrons. The summed E-state index contributed by atoms with van der Waals surface area (Å²) in [7, 11) is 0. The van der Waals surface area contributed by atoms with Crippen molar-refractivity contribution >= 4 is 15.9 Å². The van der Waals surface area contributed by atoms with E-state index in [9.17, 15) is 0 Å². The normalized spacial score (nSPS) is 10.8. The highest BCUT2D eigenvalue weighted by Crippen LogP contribution is 2.18. The first-order valence-corrected chi connectivity index (χ1v) is 4.82. The van der Waals surface area contributed by atoms with Crippen LogP contribution in [0.4, 0.5) is 0 Å². The van der Waals surface area contributed by atoms with E-state index in [0.717, 1.165) is 21.7 Å². The molecule has 2 nitrogen and oxygen atoms in total. The summed E-state index contributed by atoms with van der Waals surface area (Å²) in [5, 5.41) is 0. The van der Waals surface area contributed by atoms with Gasteiger partial charge < -0.3 is 0 Å². The summed E-state index contributed by atoms with van der Waals surface area (Å²) in [6.07, 6.45) is 0. The summed E-state index contributed by atoms with van der Waals surface area (Å²) >= 11 is 3.41. The monoisotopic (exact) mass is 228 g/mol. The zero-order chi connectivity index (χ0) is 9.30. The van der Waals surface area contributed by atoms with Crippen LogP contribution < -0.4 is 0 Å². The lowest BCUT2D eigenvalue weighted by Crippen LogP contribution is -2.02. The predicted molar refractivity (Wildman–Crippen MR) is 53.3 cm³/mol. The molecule has 1 aromatic heterocycles. The second-order valence-electron chi connectivity index (χ2n) is 3.24. The molecule has 0 saturated carbocycles. The SMILES string of the molecule is Cc1nc(C(C)C)nc(Br)c1C. The third kappa shape index (κ3) is 1.83. The lowest BCUT2D eigenvalue weighted by Gasteiger charge is -2.07. The first-order chi connectivity index (χ1) is 5.52. The van der Waals surface area contributed by atoms with E-state index < -0.39 is 0 Å². The average Bonchev–Trinajstić information content (AvgIpc) is 1.99. The molecule has 0 bridgehead atoms. The molecule has 0 aliphatic carbocycles. The number of hydrogen-bond acceptors (Lipinski definition) is 2. The number of nitrogens with zero attached hydrogens (tertiary/aromatic N) is 2. The van der Waals surface area contributed by atoms with Crippen molar-refractivity contribution in [1.29, 1.82) is 0 Å². The summed E-state index contributed by atoms with van der Waals surface area (Å²) < 4.78 is 0.915. The van der Waals surface area contributed by atoms with Crippen molar-refractivity contribution in [1.82, 2.24) is 9.97 Å². The molecule has 0 unspecified atom stereocenters. The topological polar surface area (TPSA) is 25.8 Å². The maximum absolute atomic E-state index is 4.39. The third-order valence-corrected chi connectivity index (χ3v) is 2.64. The van der Waals surface area contributed by atoms with Gasteiger partial charge in [0.2, 0.25) is 0 Å². The average molecular weight is 229 g/mol. The number of halogens is 1. The standard InChI is InChI=1S/C9H13BrN2/c1-5(2)9-11-7(4)6(3)8(10)12-9/h5H,1-4H3. The van der Waals surface area contributed by atoms with Gasteiger partial charge in [0, 0.05) is 17.2 Å². The van der Waals surface area contributed by atoms with Crippen LogP contribution in [-0.2, 0) is 0 Å². The van der Waals surface area contributed by atoms with Crippen LogP contribution in [0.25, 0.3) is 0 Å². The van der Waals surface area contributed by atoms with Gasteiger partial charge in [-0.1, -0.05) is 13.8 Å². The van der Waals surface area contributed by atoms with Gasteiger partial charge in [-0.05, 0) is 29.8 Å². The second-order valence-corrected chi connectivity index (χ2v) is 3.99. The van der Waals surface area contributed by atoms with E-state index >= 15 is 0 Å². The van der Waals surface area contributed by atoms with E-state index in [0.29, 0.717) is 5.92 Å². The van der Waals surface area contributed by atoms with Crippen molar-refractivity contribution < 1.29 is 0 Å². The molecule has 0 aliphatic rings. The highest BCUT2D eigenvalue weighted by molar-refractivity contribution is 9.10. The minimum Gasteiger partial charge on any atom is -0.238 e. The Bertz CT molecular complexity index is 272. The summed E-state index contributed by atoms with van der Waals surface area (Å²) in [6, 6.07) is 0. The molecule has 0 N–H and O–H groups in total. The molecular weight excluding hydrogens is 216 g/mol. The molecule has 12 heavy (non-hydrogen) atoms. The van der Waals surface area contributed by atoms with Crippen molar-refractivity contribution in [2.24, 2.45) is 0 Å². The molecular formula is C9H13BrN2. The van der Waals surface area contributed by atoms with Crippen LogP contribution in [-0.4, -0.2) is 9.97 Å². The highest BCUT2D eigenvalue weighted by Gasteiger charge is 2.07. The molecule has 0 amide bonds. The van der Waals surface area contributed by atoms with Gasteiger partial charge in [-0.25, -0.2) is 9.97 Å². The summed E-state index contributed by atoms with van der Waals surface area (Å²) in [6.45, 7) is 8.21. The second kappa shape index (κ2) is 3.52. The molecule has 0 fully saturated rings. The zero-order valence-corrected chi connectivity index (χ0v) is 9.44. The summed E-state index contributed by atoms with van der Waals surface area (Å²) in [4.78, 5) is 8.73. The number of aromatic nitrogens is 2. The fourth-order valence-corrected chi connectivity index (χ4v) is 1.34. The number of hydrogen-bond donors (Lipinski definition) is 0. The van der Waals surface area contributed by atoms with Gasteiger partial charge in [0.15, 0.2) is 0 Å². The molecule has 1 heterocycles. The van der Waals surface area contributed by atoms with Gasteiger partial charge in [0.25, 0.3) is 0 Å². The van der Waals surface area contributed by atoms with Crippen LogP contribution in [0.3, 0.4) is 0 Å². The molecule has 0 aromatic carbocycles. The smallest absolute Gasteiger partial charge is 0.132 e. The van der Waals surface area contributed by atoms with Gasteiger partial charge in [-0.3, -0.25) is 0 Å². The zero-order valence-electron chi connectivity index (χ0n) is 7.85. The molecule has 1 aromatic rings. The van der Waals surface area contributed by atoms with Crippen LogP contribution in [0, 0.1) is 13.8 Å². The van der Waals surface area contributed by atoms with Crippen LogP contribution in [0.2, 0.25) is 0 Å².